The molecule has 0 saturated heterocycles. The van der Waals surface area contributed by atoms with E-state index in [9.17, 15) is 39.3 Å². The van der Waals surface area contributed by atoms with Crippen molar-refractivity contribution in [3.05, 3.63) is 64.2 Å². The van der Waals surface area contributed by atoms with Crippen LogP contribution in [0, 0.1) is 30.6 Å². The molecule has 0 aromatic heterocycles. The van der Waals surface area contributed by atoms with E-state index in [1.807, 2.05) is 19.1 Å². The fourth-order valence-corrected chi connectivity index (χ4v) is 7.03. The average Bonchev–Trinajstić information content (AvgIpc) is 2.90. The van der Waals surface area contributed by atoms with Crippen LogP contribution in [0.15, 0.2) is 36.4 Å². The highest BCUT2D eigenvalue weighted by atomic mass is 16.3. The third-order valence-electron chi connectivity index (χ3n) is 9.02. The van der Waals surface area contributed by atoms with Crippen LogP contribution in [0.3, 0.4) is 0 Å². The predicted octanol–water partition coefficient (Wildman–Crippen LogP) is -0.103. The average molecular weight is 564 g/mol. The number of rotatable bonds is 5. The van der Waals surface area contributed by atoms with Crippen molar-refractivity contribution in [3.63, 3.8) is 0 Å². The molecule has 11 heteroatoms. The number of carbonyl (C=O) groups is 5. The number of hydrogen-bond donors (Lipinski definition) is 5. The van der Waals surface area contributed by atoms with Gasteiger partial charge in [0.05, 0.1) is 17.6 Å². The van der Waals surface area contributed by atoms with Crippen LogP contribution >= 0.6 is 0 Å². The molecule has 2 amide bonds. The Kier molecular flexibility index (Phi) is 7.09. The number of carbonyl (C=O) groups excluding carboxylic acids is 5. The standard InChI is InChI=1S/C30H33N3O8/c1-13-4-6-14(7-5-13)29(40)32-12-15-8-9-19(34)21-17(15)10-16-11-18-23(33(2)3)25(36)22(28(31)39)27(38)30(18,41)26(37)20(16)24(21)35/h4-9,16,18,20,22-23,25,34,36,41H,10-12H2,1-3H3,(H2,31,39)(H,32,40)/t16-,18-,20?,22?,23-,25?,30-/m1/s1. The molecule has 3 unspecified atom stereocenters. The smallest absolute Gasteiger partial charge is 0.251 e. The van der Waals surface area contributed by atoms with E-state index in [1.54, 1.807) is 32.3 Å². The Morgan fingerprint density at radius 2 is 1.73 bits per heavy atom. The summed E-state index contributed by atoms with van der Waals surface area (Å²) < 4.78 is 0. The summed E-state index contributed by atoms with van der Waals surface area (Å²) in [6.07, 6.45) is -1.40. The molecule has 0 aliphatic heterocycles. The number of aryl methyl sites for hydroxylation is 1. The number of nitrogens with zero attached hydrogens (tertiary/aromatic N) is 1. The van der Waals surface area contributed by atoms with Gasteiger partial charge >= 0.3 is 0 Å². The van der Waals surface area contributed by atoms with Crippen molar-refractivity contribution in [1.82, 2.24) is 10.2 Å². The van der Waals surface area contributed by atoms with Gasteiger partial charge in [0.1, 0.15) is 11.7 Å². The predicted molar refractivity (Wildman–Crippen MR) is 145 cm³/mol. The number of aliphatic hydroxyl groups excluding tert-OH is 1. The molecule has 2 saturated carbocycles. The lowest BCUT2D eigenvalue weighted by atomic mass is 9.52. The molecule has 3 aliphatic carbocycles. The summed E-state index contributed by atoms with van der Waals surface area (Å²) in [6.45, 7) is 1.96. The van der Waals surface area contributed by atoms with Crippen molar-refractivity contribution >= 4 is 29.2 Å². The van der Waals surface area contributed by atoms with Gasteiger partial charge in [-0.3, -0.25) is 24.0 Å². The van der Waals surface area contributed by atoms with Crippen LogP contribution in [-0.2, 0) is 27.3 Å². The van der Waals surface area contributed by atoms with Crippen LogP contribution < -0.4 is 11.1 Å². The second-order valence-electron chi connectivity index (χ2n) is 11.6. The maximum atomic E-state index is 13.9. The second-order valence-corrected chi connectivity index (χ2v) is 11.6. The first-order valence-corrected chi connectivity index (χ1v) is 13.5. The first-order valence-electron chi connectivity index (χ1n) is 13.5. The normalized spacial score (nSPS) is 30.8. The highest BCUT2D eigenvalue weighted by Crippen LogP contribution is 2.51. The Bertz CT molecular complexity index is 1470. The fraction of sp³-hybridized carbons (Fsp3) is 0.433. The van der Waals surface area contributed by atoms with E-state index in [4.69, 9.17) is 5.73 Å². The number of fused-ring (bicyclic) bond motifs is 3. The van der Waals surface area contributed by atoms with Crippen molar-refractivity contribution in [2.75, 3.05) is 14.1 Å². The lowest BCUT2D eigenvalue weighted by Crippen LogP contribution is -2.75. The molecule has 6 N–H and O–H groups in total. The number of primary amides is 1. The zero-order valence-electron chi connectivity index (χ0n) is 23.0. The quantitative estimate of drug-likeness (QED) is 0.310. The van der Waals surface area contributed by atoms with Crippen molar-refractivity contribution < 1.29 is 39.3 Å². The summed E-state index contributed by atoms with van der Waals surface area (Å²) in [4.78, 5) is 67.5. The van der Waals surface area contributed by atoms with Crippen LogP contribution in [0.1, 0.15) is 43.8 Å². The van der Waals surface area contributed by atoms with Gasteiger partial charge in [-0.05, 0) is 69.1 Å². The van der Waals surface area contributed by atoms with Gasteiger partial charge in [-0.2, -0.15) is 0 Å². The number of amides is 2. The second kappa shape index (κ2) is 10.2. The molecule has 0 spiro atoms. The number of ketones is 3. The summed E-state index contributed by atoms with van der Waals surface area (Å²) in [7, 11) is 3.18. The minimum atomic E-state index is -2.71. The number of phenolic OH excluding ortho intramolecular Hbond substituents is 1. The van der Waals surface area contributed by atoms with Gasteiger partial charge in [-0.1, -0.05) is 23.8 Å². The largest absolute Gasteiger partial charge is 0.507 e. The Balaban J connectivity index is 1.51. The van der Waals surface area contributed by atoms with Gasteiger partial charge in [-0.25, -0.2) is 0 Å². The van der Waals surface area contributed by atoms with Gasteiger partial charge < -0.3 is 31.3 Å². The number of aliphatic hydroxyl groups is 2. The van der Waals surface area contributed by atoms with E-state index in [2.05, 4.69) is 5.32 Å². The van der Waals surface area contributed by atoms with Crippen LogP contribution in [0.2, 0.25) is 0 Å². The first-order chi connectivity index (χ1) is 19.3. The number of hydrogen-bond acceptors (Lipinski definition) is 9. The summed E-state index contributed by atoms with van der Waals surface area (Å²) in [6, 6.07) is 8.96. The monoisotopic (exact) mass is 563 g/mol. The van der Waals surface area contributed by atoms with Crippen molar-refractivity contribution in [3.8, 4) is 5.75 Å². The fourth-order valence-electron chi connectivity index (χ4n) is 7.03. The minimum absolute atomic E-state index is 0.0139. The molecule has 0 heterocycles. The molecule has 11 nitrogen and oxygen atoms in total. The minimum Gasteiger partial charge on any atom is -0.507 e. The third-order valence-corrected chi connectivity index (χ3v) is 9.02. The Labute approximate surface area is 236 Å². The lowest BCUT2D eigenvalue weighted by Gasteiger charge is -2.54. The van der Waals surface area contributed by atoms with E-state index in [0.29, 0.717) is 16.7 Å². The molecule has 0 radical (unpaired) electrons. The van der Waals surface area contributed by atoms with Gasteiger partial charge in [0.25, 0.3) is 5.91 Å². The Morgan fingerprint density at radius 3 is 2.34 bits per heavy atom. The molecule has 41 heavy (non-hydrogen) atoms. The van der Waals surface area contributed by atoms with E-state index in [1.165, 1.54) is 11.0 Å². The topological polar surface area (TPSA) is 187 Å². The van der Waals surface area contributed by atoms with Crippen LogP contribution in [0.5, 0.6) is 5.75 Å². The van der Waals surface area contributed by atoms with E-state index < -0.39 is 64.7 Å². The van der Waals surface area contributed by atoms with Crippen LogP contribution in [0.25, 0.3) is 0 Å². The number of phenols is 1. The van der Waals surface area contributed by atoms with E-state index in [-0.39, 0.29) is 36.6 Å². The molecule has 2 aromatic rings. The molecular formula is C30H33N3O8. The van der Waals surface area contributed by atoms with E-state index >= 15 is 0 Å². The van der Waals surface area contributed by atoms with Gasteiger partial charge in [0, 0.05) is 24.1 Å². The van der Waals surface area contributed by atoms with Crippen molar-refractivity contribution in [2.24, 2.45) is 29.4 Å². The van der Waals surface area contributed by atoms with Gasteiger partial charge in [0.15, 0.2) is 23.0 Å². The van der Waals surface area contributed by atoms with Crippen LogP contribution in [-0.4, -0.2) is 81.2 Å². The van der Waals surface area contributed by atoms with Crippen molar-refractivity contribution in [1.29, 1.82) is 0 Å². The first kappa shape index (κ1) is 28.6. The summed E-state index contributed by atoms with van der Waals surface area (Å²) in [5.41, 5.74) is 5.11. The summed E-state index contributed by atoms with van der Waals surface area (Å²) in [5.74, 6) is -9.90. The molecule has 2 fully saturated rings. The van der Waals surface area contributed by atoms with E-state index in [0.717, 1.165) is 5.56 Å². The molecular weight excluding hydrogens is 530 g/mol. The molecule has 2 aromatic carbocycles. The third kappa shape index (κ3) is 4.35. The highest BCUT2D eigenvalue weighted by Gasteiger charge is 2.69. The summed E-state index contributed by atoms with van der Waals surface area (Å²) >= 11 is 0. The lowest BCUT2D eigenvalue weighted by molar-refractivity contribution is -0.190. The SMILES string of the molecule is Cc1ccc(C(=O)NCc2ccc(O)c3c2C[C@@H]2C[C@@H]4[C@@H](N(C)C)C(O)C(C(N)=O)C(=O)[C@]4(O)C(=O)C2C3=O)cc1. The number of aromatic hydroxyl groups is 1. The maximum Gasteiger partial charge on any atom is 0.251 e. The molecule has 0 bridgehead atoms. The molecule has 7 atom stereocenters. The Morgan fingerprint density at radius 1 is 1.07 bits per heavy atom. The van der Waals surface area contributed by atoms with Gasteiger partial charge in [-0.15, -0.1) is 0 Å². The molecule has 5 rings (SSSR count). The molecule has 216 valence electrons. The maximum absolute atomic E-state index is 13.9. The molecule has 3 aliphatic rings. The zero-order chi connectivity index (χ0) is 30.0. The van der Waals surface area contributed by atoms with Crippen molar-refractivity contribution in [2.45, 2.75) is 44.1 Å². The Hall–Kier alpha value is -3.93. The summed E-state index contributed by atoms with van der Waals surface area (Å²) in [5, 5.41) is 36.2. The van der Waals surface area contributed by atoms with Gasteiger partial charge in [0.2, 0.25) is 5.91 Å². The number of Topliss-reactive ketones (excluding diaryl/α,β-unsaturated/α-hetero) is 3. The number of nitrogens with one attached hydrogen (secondary N) is 1. The highest BCUT2D eigenvalue weighted by molar-refractivity contribution is 6.25. The number of benzene rings is 2. The van der Waals surface area contributed by atoms with Crippen LogP contribution in [0.4, 0.5) is 0 Å². The number of nitrogens with two attached hydrogens (primary N) is 1. The zero-order valence-corrected chi connectivity index (χ0v) is 23.0. The number of likely N-dealkylation sites (N-methyl/N-ethyl adjacent to an activating group) is 1.